The Kier molecular flexibility index (Phi) is 11.2. The third-order valence-corrected chi connectivity index (χ3v) is 8.73. The molecule has 47 heavy (non-hydrogen) atoms. The molecule has 0 aliphatic carbocycles. The van der Waals surface area contributed by atoms with Gasteiger partial charge in [-0.3, -0.25) is 4.79 Å². The molecule has 0 spiro atoms. The number of nitriles is 1. The monoisotopic (exact) mass is 686 g/mol. The molecule has 4 rings (SSSR count). The van der Waals surface area contributed by atoms with E-state index >= 15 is 8.78 Å². The summed E-state index contributed by atoms with van der Waals surface area (Å²) in [5, 5.41) is 17.0. The number of rotatable bonds is 10. The molecule has 1 aliphatic rings. The number of nitrogens with one attached hydrogen (secondary N) is 2. The van der Waals surface area contributed by atoms with Crippen LogP contribution >= 0.6 is 23.2 Å². The fraction of sp³-hybridized carbons (Fsp3) is 0.400. The fourth-order valence-corrected chi connectivity index (χ4v) is 6.43. The van der Waals surface area contributed by atoms with Crippen molar-refractivity contribution in [2.24, 2.45) is 5.41 Å². The lowest BCUT2D eigenvalue weighted by atomic mass is 9.62. The molecule has 250 valence electrons. The van der Waals surface area contributed by atoms with Gasteiger partial charge in [-0.2, -0.15) is 5.26 Å². The summed E-state index contributed by atoms with van der Waals surface area (Å²) in [4.78, 5) is 28.8. The molecule has 1 aliphatic heterocycles. The lowest BCUT2D eigenvalue weighted by Gasteiger charge is -2.37. The van der Waals surface area contributed by atoms with Gasteiger partial charge in [-0.1, -0.05) is 62.2 Å². The smallest absolute Gasteiger partial charge is 0.338 e. The van der Waals surface area contributed by atoms with Crippen LogP contribution in [0.15, 0.2) is 54.6 Å². The highest BCUT2D eigenvalue weighted by Crippen LogP contribution is 2.53. The van der Waals surface area contributed by atoms with Crippen LogP contribution < -0.4 is 15.4 Å². The molecule has 0 aromatic heterocycles. The van der Waals surface area contributed by atoms with Crippen LogP contribution in [0.2, 0.25) is 10.0 Å². The first-order chi connectivity index (χ1) is 22.1. The van der Waals surface area contributed by atoms with E-state index in [1.807, 2.05) is 39.8 Å². The molecule has 3 aromatic carbocycles. The first kappa shape index (κ1) is 36.1. The summed E-state index contributed by atoms with van der Waals surface area (Å²) >= 11 is 12.3. The number of carbonyl (C=O) groups is 2. The molecule has 1 amide bonds. The van der Waals surface area contributed by atoms with Gasteiger partial charge in [0.25, 0.3) is 0 Å². The minimum atomic E-state index is -1.78. The minimum Gasteiger partial charge on any atom is -0.495 e. The summed E-state index contributed by atoms with van der Waals surface area (Å²) in [6, 6.07) is 13.0. The third kappa shape index (κ3) is 7.71. The van der Waals surface area contributed by atoms with Gasteiger partial charge in [0, 0.05) is 29.1 Å². The summed E-state index contributed by atoms with van der Waals surface area (Å²) in [6.45, 7) is 6.59. The van der Waals surface area contributed by atoms with Gasteiger partial charge in [-0.05, 0) is 67.9 Å². The number of methoxy groups -OCH3 is 1. The van der Waals surface area contributed by atoms with Gasteiger partial charge >= 0.3 is 5.97 Å². The molecular weight excluding hydrogens is 649 g/mol. The Balaban J connectivity index is 1.82. The van der Waals surface area contributed by atoms with Gasteiger partial charge in [0.05, 0.1) is 35.5 Å². The van der Waals surface area contributed by atoms with Crippen LogP contribution in [0.4, 0.5) is 14.5 Å². The van der Waals surface area contributed by atoms with Crippen molar-refractivity contribution < 1.29 is 27.8 Å². The van der Waals surface area contributed by atoms with Crippen LogP contribution in [0.5, 0.6) is 5.75 Å². The number of hydrogen-bond acceptors (Lipinski definition) is 7. The molecule has 3 aromatic rings. The molecule has 1 saturated heterocycles. The maximum atomic E-state index is 15.9. The van der Waals surface area contributed by atoms with Crippen molar-refractivity contribution in [3.8, 4) is 11.8 Å². The molecule has 2 N–H and O–H groups in total. The number of likely N-dealkylation sites (N-methyl/N-ethyl adjacent to an activating group) is 1. The maximum Gasteiger partial charge on any atom is 0.338 e. The van der Waals surface area contributed by atoms with Crippen LogP contribution in [0.3, 0.4) is 0 Å². The van der Waals surface area contributed by atoms with Crippen LogP contribution in [0.1, 0.15) is 54.6 Å². The molecule has 1 heterocycles. The Morgan fingerprint density at radius 1 is 1.11 bits per heavy atom. The lowest BCUT2D eigenvalue weighted by Crippen LogP contribution is -2.45. The maximum absolute atomic E-state index is 15.9. The van der Waals surface area contributed by atoms with Gasteiger partial charge in [0.15, 0.2) is 0 Å². The van der Waals surface area contributed by atoms with E-state index < -0.39 is 52.3 Å². The summed E-state index contributed by atoms with van der Waals surface area (Å²) in [5.74, 6) is -3.86. The fourth-order valence-electron chi connectivity index (χ4n) is 6.09. The van der Waals surface area contributed by atoms with Gasteiger partial charge in [0.1, 0.15) is 29.4 Å². The summed E-state index contributed by atoms with van der Waals surface area (Å²) in [7, 11) is 5.10. The highest BCUT2D eigenvalue weighted by molar-refractivity contribution is 6.31. The van der Waals surface area contributed by atoms with Crippen molar-refractivity contribution in [1.29, 1.82) is 5.26 Å². The number of ether oxygens (including phenoxy) is 2. The van der Waals surface area contributed by atoms with Crippen LogP contribution in [-0.4, -0.2) is 63.2 Å². The topological polar surface area (TPSA) is 104 Å². The Morgan fingerprint density at radius 2 is 1.83 bits per heavy atom. The number of halogens is 4. The molecule has 4 atom stereocenters. The second-order valence-corrected chi connectivity index (χ2v) is 13.9. The van der Waals surface area contributed by atoms with Gasteiger partial charge < -0.3 is 25.0 Å². The molecule has 0 saturated carbocycles. The van der Waals surface area contributed by atoms with Crippen LogP contribution in [-0.2, 0) is 14.9 Å². The Bertz CT molecular complexity index is 1690. The molecule has 0 radical (unpaired) electrons. The van der Waals surface area contributed by atoms with E-state index in [1.165, 1.54) is 55.6 Å². The zero-order valence-corrected chi connectivity index (χ0v) is 28.6. The highest BCUT2D eigenvalue weighted by atomic mass is 35.5. The summed E-state index contributed by atoms with van der Waals surface area (Å²) < 4.78 is 42.6. The van der Waals surface area contributed by atoms with Crippen molar-refractivity contribution in [1.82, 2.24) is 10.2 Å². The average molecular weight is 688 g/mol. The van der Waals surface area contributed by atoms with Crippen LogP contribution in [0, 0.1) is 28.4 Å². The third-order valence-electron chi connectivity index (χ3n) is 8.20. The van der Waals surface area contributed by atoms with E-state index in [9.17, 15) is 14.9 Å². The lowest BCUT2D eigenvalue weighted by molar-refractivity contribution is -0.118. The summed E-state index contributed by atoms with van der Waals surface area (Å²) in [5.41, 5.74) is -1.80. The quantitative estimate of drug-likeness (QED) is 0.222. The van der Waals surface area contributed by atoms with Crippen molar-refractivity contribution in [3.63, 3.8) is 0 Å². The largest absolute Gasteiger partial charge is 0.495 e. The Morgan fingerprint density at radius 3 is 2.45 bits per heavy atom. The van der Waals surface area contributed by atoms with Crippen molar-refractivity contribution in [2.45, 2.75) is 50.6 Å². The van der Waals surface area contributed by atoms with E-state index in [2.05, 4.69) is 16.7 Å². The van der Waals surface area contributed by atoms with Crippen molar-refractivity contribution >= 4 is 40.8 Å². The number of hydrogen-bond donors (Lipinski definition) is 2. The molecule has 8 nitrogen and oxygen atoms in total. The molecule has 12 heteroatoms. The van der Waals surface area contributed by atoms with E-state index in [0.717, 1.165) is 6.07 Å². The normalized spacial score (nSPS) is 20.9. The number of nitrogens with zero attached hydrogens (tertiary/aromatic N) is 2. The number of anilines is 1. The SMILES string of the molecule is COc1cc(C(=O)OCCN(C)C)ccc1NC(=O)[C@@H]1N[C@@H](CC(C)(C)C)[C@](C#N)(c2ccc(Cl)cc2F)[C@H]1c1cccc(Cl)c1F. The number of esters is 1. The number of amides is 1. The Hall–Kier alpha value is -3.75. The standard InChI is InChI=1S/C35H38Cl2F2N4O4/c1-34(2,3)18-28-35(19-40,23-12-11-21(36)17-25(23)38)29(22-8-7-9-24(37)30(22)39)31(42-28)32(44)41-26-13-10-20(16-27(26)46-6)33(45)47-15-14-43(4)5/h7-13,16-17,28-29,31,42H,14-15,18H2,1-6H3,(H,41,44)/t28-,29-,31+,35-/m0/s1. The first-order valence-corrected chi connectivity index (χ1v) is 15.8. The van der Waals surface area contributed by atoms with E-state index in [4.69, 9.17) is 32.7 Å². The zero-order valence-electron chi connectivity index (χ0n) is 27.1. The van der Waals surface area contributed by atoms with Gasteiger partial charge in [-0.15, -0.1) is 0 Å². The van der Waals surface area contributed by atoms with E-state index in [1.54, 1.807) is 0 Å². The number of benzene rings is 3. The second-order valence-electron chi connectivity index (χ2n) is 13.0. The molecular formula is C35H38Cl2F2N4O4. The molecule has 0 unspecified atom stereocenters. The molecule has 1 fully saturated rings. The van der Waals surface area contributed by atoms with Gasteiger partial charge in [0.2, 0.25) is 5.91 Å². The Labute approximate surface area is 283 Å². The van der Waals surface area contributed by atoms with E-state index in [0.29, 0.717) is 13.0 Å². The predicted octanol–water partition coefficient (Wildman–Crippen LogP) is 6.96. The zero-order chi connectivity index (χ0) is 34.7. The van der Waals surface area contributed by atoms with Crippen molar-refractivity contribution in [3.05, 3.63) is 93.0 Å². The van der Waals surface area contributed by atoms with Crippen molar-refractivity contribution in [2.75, 3.05) is 39.7 Å². The van der Waals surface area contributed by atoms with Crippen LogP contribution in [0.25, 0.3) is 0 Å². The number of carbonyl (C=O) groups excluding carboxylic acids is 2. The van der Waals surface area contributed by atoms with E-state index in [-0.39, 0.29) is 44.8 Å². The average Bonchev–Trinajstić information content (AvgIpc) is 3.31. The summed E-state index contributed by atoms with van der Waals surface area (Å²) in [6.07, 6.45) is 0.318. The highest BCUT2D eigenvalue weighted by Gasteiger charge is 2.61. The predicted molar refractivity (Wildman–Crippen MR) is 178 cm³/mol. The molecule has 0 bridgehead atoms. The van der Waals surface area contributed by atoms with Gasteiger partial charge in [-0.25, -0.2) is 13.6 Å². The second kappa shape index (κ2) is 14.6. The first-order valence-electron chi connectivity index (χ1n) is 15.0. The minimum absolute atomic E-state index is 0.0273.